The molecule has 0 unspecified atom stereocenters. The molecule has 19 heavy (non-hydrogen) atoms. The zero-order valence-corrected chi connectivity index (χ0v) is 12.9. The maximum absolute atomic E-state index is 12.0. The SMILES string of the molecule is CCNC(=O)c1ccc(N)cc1NCC(C)(C)SC. The fraction of sp³-hybridized carbons (Fsp3) is 0.500. The number of hydrogen-bond donors (Lipinski definition) is 3. The van der Waals surface area contributed by atoms with Gasteiger partial charge in [-0.3, -0.25) is 4.79 Å². The lowest BCUT2D eigenvalue weighted by Crippen LogP contribution is -2.28. The highest BCUT2D eigenvalue weighted by molar-refractivity contribution is 7.99. The molecule has 0 fully saturated rings. The van der Waals surface area contributed by atoms with Crippen LogP contribution in [-0.4, -0.2) is 30.0 Å². The average molecular weight is 281 g/mol. The lowest BCUT2D eigenvalue weighted by Gasteiger charge is -2.24. The standard InChI is InChI=1S/C14H23N3OS/c1-5-16-13(18)11-7-6-10(15)8-12(11)17-9-14(2,3)19-4/h6-8,17H,5,9,15H2,1-4H3,(H,16,18). The first-order valence-electron chi connectivity index (χ1n) is 6.36. The van der Waals surface area contributed by atoms with E-state index in [-0.39, 0.29) is 10.7 Å². The van der Waals surface area contributed by atoms with Crippen molar-refractivity contribution in [3.8, 4) is 0 Å². The number of nitrogen functional groups attached to an aromatic ring is 1. The van der Waals surface area contributed by atoms with E-state index in [1.165, 1.54) is 0 Å². The van der Waals surface area contributed by atoms with Gasteiger partial charge in [0, 0.05) is 29.2 Å². The number of rotatable bonds is 6. The first kappa shape index (κ1) is 15.7. The van der Waals surface area contributed by atoms with Crippen LogP contribution < -0.4 is 16.4 Å². The van der Waals surface area contributed by atoms with Crippen molar-refractivity contribution in [2.75, 3.05) is 30.4 Å². The Morgan fingerprint density at radius 2 is 2.11 bits per heavy atom. The Balaban J connectivity index is 2.91. The van der Waals surface area contributed by atoms with E-state index in [0.29, 0.717) is 17.8 Å². The topological polar surface area (TPSA) is 67.2 Å². The Hall–Kier alpha value is -1.36. The summed E-state index contributed by atoms with van der Waals surface area (Å²) in [6.45, 7) is 7.59. The van der Waals surface area contributed by atoms with Crippen molar-refractivity contribution in [2.45, 2.75) is 25.5 Å². The molecular weight excluding hydrogens is 258 g/mol. The summed E-state index contributed by atoms with van der Waals surface area (Å²) in [5.74, 6) is -0.0769. The normalized spacial score (nSPS) is 11.2. The molecule has 0 aliphatic heterocycles. The molecule has 0 heterocycles. The van der Waals surface area contributed by atoms with Crippen molar-refractivity contribution < 1.29 is 4.79 Å². The van der Waals surface area contributed by atoms with Gasteiger partial charge in [-0.1, -0.05) is 0 Å². The Morgan fingerprint density at radius 3 is 2.68 bits per heavy atom. The summed E-state index contributed by atoms with van der Waals surface area (Å²) in [5.41, 5.74) is 7.86. The number of carbonyl (C=O) groups excluding carboxylic acids is 1. The molecule has 0 aromatic heterocycles. The minimum Gasteiger partial charge on any atom is -0.399 e. The Bertz CT molecular complexity index is 446. The van der Waals surface area contributed by atoms with Crippen LogP contribution in [0.25, 0.3) is 0 Å². The molecule has 0 spiro atoms. The van der Waals surface area contributed by atoms with Crippen LogP contribution in [0.5, 0.6) is 0 Å². The second-order valence-electron chi connectivity index (χ2n) is 4.98. The number of nitrogens with two attached hydrogens (primary N) is 1. The number of hydrogen-bond acceptors (Lipinski definition) is 4. The molecule has 1 aromatic carbocycles. The Morgan fingerprint density at radius 1 is 1.42 bits per heavy atom. The van der Waals surface area contributed by atoms with Gasteiger partial charge in [-0.25, -0.2) is 0 Å². The van der Waals surface area contributed by atoms with E-state index in [4.69, 9.17) is 5.73 Å². The molecule has 0 bridgehead atoms. The largest absolute Gasteiger partial charge is 0.399 e. The second-order valence-corrected chi connectivity index (χ2v) is 6.50. The smallest absolute Gasteiger partial charge is 0.253 e. The zero-order chi connectivity index (χ0) is 14.5. The fourth-order valence-corrected chi connectivity index (χ4v) is 1.76. The number of carbonyl (C=O) groups is 1. The van der Waals surface area contributed by atoms with Crippen LogP contribution in [0.1, 0.15) is 31.1 Å². The summed E-state index contributed by atoms with van der Waals surface area (Å²) < 4.78 is 0.100. The summed E-state index contributed by atoms with van der Waals surface area (Å²) in [6.07, 6.45) is 2.08. The first-order chi connectivity index (χ1) is 8.89. The van der Waals surface area contributed by atoms with Gasteiger partial charge in [0.2, 0.25) is 0 Å². The molecule has 0 aliphatic carbocycles. The number of amides is 1. The van der Waals surface area contributed by atoms with E-state index in [2.05, 4.69) is 30.7 Å². The van der Waals surface area contributed by atoms with E-state index >= 15 is 0 Å². The summed E-state index contributed by atoms with van der Waals surface area (Å²) in [4.78, 5) is 12.0. The fourth-order valence-electron chi connectivity index (χ4n) is 1.54. The van der Waals surface area contributed by atoms with Crippen LogP contribution in [0.15, 0.2) is 18.2 Å². The number of benzene rings is 1. The molecule has 1 rings (SSSR count). The molecule has 4 nitrogen and oxygen atoms in total. The van der Waals surface area contributed by atoms with Gasteiger partial charge < -0.3 is 16.4 Å². The minimum absolute atomic E-state index is 0.0769. The first-order valence-corrected chi connectivity index (χ1v) is 7.59. The lowest BCUT2D eigenvalue weighted by molar-refractivity contribution is 0.0956. The van der Waals surface area contributed by atoms with Crippen LogP contribution in [0, 0.1) is 0 Å². The molecule has 5 heteroatoms. The van der Waals surface area contributed by atoms with E-state index in [1.807, 2.05) is 6.92 Å². The molecule has 106 valence electrons. The van der Waals surface area contributed by atoms with Gasteiger partial charge in [-0.05, 0) is 45.2 Å². The predicted octanol–water partition coefficient (Wildman–Crippen LogP) is 2.57. The van der Waals surface area contributed by atoms with Gasteiger partial charge in [0.1, 0.15) is 0 Å². The second kappa shape index (κ2) is 6.70. The van der Waals surface area contributed by atoms with Gasteiger partial charge in [-0.2, -0.15) is 11.8 Å². The van der Waals surface area contributed by atoms with Crippen LogP contribution in [-0.2, 0) is 0 Å². The third-order valence-electron chi connectivity index (χ3n) is 2.88. The number of thioether (sulfide) groups is 1. The average Bonchev–Trinajstić information content (AvgIpc) is 2.37. The Labute approximate surface area is 119 Å². The van der Waals surface area contributed by atoms with Gasteiger partial charge in [0.15, 0.2) is 0 Å². The van der Waals surface area contributed by atoms with E-state index < -0.39 is 0 Å². The van der Waals surface area contributed by atoms with Gasteiger partial charge >= 0.3 is 0 Å². The monoisotopic (exact) mass is 281 g/mol. The van der Waals surface area contributed by atoms with E-state index in [0.717, 1.165) is 12.2 Å². The van der Waals surface area contributed by atoms with Crippen LogP contribution in [0.2, 0.25) is 0 Å². The number of nitrogens with one attached hydrogen (secondary N) is 2. The van der Waals surface area contributed by atoms with Crippen molar-refractivity contribution in [3.05, 3.63) is 23.8 Å². The van der Waals surface area contributed by atoms with Crippen LogP contribution in [0.4, 0.5) is 11.4 Å². The van der Waals surface area contributed by atoms with Gasteiger partial charge in [-0.15, -0.1) is 0 Å². The third kappa shape index (κ3) is 4.67. The molecular formula is C14H23N3OS. The van der Waals surface area contributed by atoms with Crippen molar-refractivity contribution in [1.82, 2.24) is 5.32 Å². The summed E-state index contributed by atoms with van der Waals surface area (Å²) in [6, 6.07) is 5.31. The maximum atomic E-state index is 12.0. The molecule has 4 N–H and O–H groups in total. The molecule has 0 saturated carbocycles. The van der Waals surface area contributed by atoms with Crippen molar-refractivity contribution in [1.29, 1.82) is 0 Å². The molecule has 0 aliphatic rings. The molecule has 1 amide bonds. The summed E-state index contributed by atoms with van der Waals surface area (Å²) >= 11 is 1.78. The lowest BCUT2D eigenvalue weighted by atomic mass is 10.1. The number of anilines is 2. The van der Waals surface area contributed by atoms with Crippen molar-refractivity contribution in [3.63, 3.8) is 0 Å². The van der Waals surface area contributed by atoms with Gasteiger partial charge in [0.05, 0.1) is 5.56 Å². The highest BCUT2D eigenvalue weighted by Gasteiger charge is 2.17. The quantitative estimate of drug-likeness (QED) is 0.701. The summed E-state index contributed by atoms with van der Waals surface area (Å²) in [5, 5.41) is 6.13. The molecule has 1 aromatic rings. The molecule has 0 radical (unpaired) electrons. The van der Waals surface area contributed by atoms with E-state index in [1.54, 1.807) is 30.0 Å². The predicted molar refractivity (Wildman–Crippen MR) is 84.9 cm³/mol. The Kier molecular flexibility index (Phi) is 5.54. The van der Waals surface area contributed by atoms with Crippen molar-refractivity contribution in [2.24, 2.45) is 0 Å². The maximum Gasteiger partial charge on any atom is 0.253 e. The molecule has 0 atom stereocenters. The van der Waals surface area contributed by atoms with Crippen LogP contribution >= 0.6 is 11.8 Å². The highest BCUT2D eigenvalue weighted by Crippen LogP contribution is 2.24. The van der Waals surface area contributed by atoms with Crippen molar-refractivity contribution >= 4 is 29.0 Å². The van der Waals surface area contributed by atoms with Crippen LogP contribution in [0.3, 0.4) is 0 Å². The van der Waals surface area contributed by atoms with Gasteiger partial charge in [0.25, 0.3) is 5.91 Å². The zero-order valence-electron chi connectivity index (χ0n) is 12.0. The third-order valence-corrected chi connectivity index (χ3v) is 4.13. The van der Waals surface area contributed by atoms with E-state index in [9.17, 15) is 4.79 Å². The highest BCUT2D eigenvalue weighted by atomic mass is 32.2. The summed E-state index contributed by atoms with van der Waals surface area (Å²) in [7, 11) is 0. The minimum atomic E-state index is -0.0769. The molecule has 0 saturated heterocycles.